The van der Waals surface area contributed by atoms with Gasteiger partial charge in [0.25, 0.3) is 0 Å². The standard InChI is InChI=1S/C23H26FN3O4S/c1-30-15-5-7-20(31-2)19(12-15)25-21(28)17-11-14(8-9-32-3)27-23(17)16-10-13(24)4-6-18(16)26-22(23)29/h4-7,10,12,14,17,27H,8-9,11H2,1-3H3,(H,25,28)(H,26,29)/t14-,17+,23-/m0/s1. The molecule has 7 nitrogen and oxygen atoms in total. The van der Waals surface area contributed by atoms with Crippen LogP contribution in [0.1, 0.15) is 18.4 Å². The van der Waals surface area contributed by atoms with Crippen molar-refractivity contribution in [3.8, 4) is 11.5 Å². The Hall–Kier alpha value is -2.78. The Kier molecular flexibility index (Phi) is 6.30. The second-order valence-corrected chi connectivity index (χ2v) is 8.90. The van der Waals surface area contributed by atoms with E-state index in [0.29, 0.717) is 34.9 Å². The zero-order valence-electron chi connectivity index (χ0n) is 18.2. The van der Waals surface area contributed by atoms with Crippen LogP contribution >= 0.6 is 11.8 Å². The van der Waals surface area contributed by atoms with Crippen molar-refractivity contribution in [1.82, 2.24) is 5.32 Å². The monoisotopic (exact) mass is 459 g/mol. The summed E-state index contributed by atoms with van der Waals surface area (Å²) in [7, 11) is 3.05. The third kappa shape index (κ3) is 3.80. The third-order valence-electron chi connectivity index (χ3n) is 6.14. The highest BCUT2D eigenvalue weighted by Gasteiger charge is 2.60. The van der Waals surface area contributed by atoms with Gasteiger partial charge in [0.15, 0.2) is 0 Å². The van der Waals surface area contributed by atoms with Gasteiger partial charge in [0.05, 0.1) is 25.8 Å². The van der Waals surface area contributed by atoms with Crippen molar-refractivity contribution in [2.45, 2.75) is 24.4 Å². The fourth-order valence-electron chi connectivity index (χ4n) is 4.61. The van der Waals surface area contributed by atoms with Crippen LogP contribution in [-0.4, -0.2) is 44.1 Å². The van der Waals surface area contributed by atoms with Crippen LogP contribution in [0.15, 0.2) is 36.4 Å². The molecule has 0 bridgehead atoms. The highest BCUT2D eigenvalue weighted by atomic mass is 32.2. The van der Waals surface area contributed by atoms with Crippen molar-refractivity contribution < 1.29 is 23.5 Å². The van der Waals surface area contributed by atoms with Crippen molar-refractivity contribution in [3.05, 3.63) is 47.8 Å². The number of benzene rings is 2. The molecule has 0 radical (unpaired) electrons. The number of halogens is 1. The fourth-order valence-corrected chi connectivity index (χ4v) is 5.13. The molecule has 0 unspecified atom stereocenters. The van der Waals surface area contributed by atoms with Crippen molar-refractivity contribution in [1.29, 1.82) is 0 Å². The Morgan fingerprint density at radius 3 is 2.78 bits per heavy atom. The van der Waals surface area contributed by atoms with Crippen molar-refractivity contribution in [2.75, 3.05) is 36.9 Å². The van der Waals surface area contributed by atoms with Crippen LogP contribution in [0.5, 0.6) is 11.5 Å². The van der Waals surface area contributed by atoms with E-state index in [0.717, 1.165) is 12.2 Å². The maximum Gasteiger partial charge on any atom is 0.250 e. The summed E-state index contributed by atoms with van der Waals surface area (Å²) in [5.74, 6) is 0.0229. The van der Waals surface area contributed by atoms with E-state index < -0.39 is 17.3 Å². The van der Waals surface area contributed by atoms with Crippen molar-refractivity contribution in [2.24, 2.45) is 5.92 Å². The molecule has 170 valence electrons. The number of amides is 2. The molecule has 9 heteroatoms. The molecule has 3 N–H and O–H groups in total. The summed E-state index contributed by atoms with van der Waals surface area (Å²) < 4.78 is 24.8. The molecule has 1 fully saturated rings. The maximum atomic E-state index is 14.2. The van der Waals surface area contributed by atoms with Crippen molar-refractivity contribution >= 4 is 35.0 Å². The van der Waals surface area contributed by atoms with Gasteiger partial charge < -0.3 is 20.1 Å². The average Bonchev–Trinajstić information content (AvgIpc) is 3.31. The van der Waals surface area contributed by atoms with Crippen LogP contribution in [0.3, 0.4) is 0 Å². The second kappa shape index (κ2) is 8.99. The van der Waals surface area contributed by atoms with Gasteiger partial charge in [-0.15, -0.1) is 0 Å². The van der Waals surface area contributed by atoms with Crippen LogP contribution in [0.25, 0.3) is 0 Å². The van der Waals surface area contributed by atoms with E-state index in [1.54, 1.807) is 30.0 Å². The molecule has 2 aliphatic heterocycles. The number of anilines is 2. The van der Waals surface area contributed by atoms with Gasteiger partial charge in [-0.3, -0.25) is 14.9 Å². The molecule has 1 saturated heterocycles. The lowest BCUT2D eigenvalue weighted by molar-refractivity contribution is -0.130. The molecule has 32 heavy (non-hydrogen) atoms. The summed E-state index contributed by atoms with van der Waals surface area (Å²) in [6.07, 6.45) is 3.24. The van der Waals surface area contributed by atoms with Gasteiger partial charge in [0.1, 0.15) is 22.9 Å². The van der Waals surface area contributed by atoms with Gasteiger partial charge in [0.2, 0.25) is 11.8 Å². The Bertz CT molecular complexity index is 1050. The molecule has 4 rings (SSSR count). The molecule has 0 aliphatic carbocycles. The summed E-state index contributed by atoms with van der Waals surface area (Å²) in [6, 6.07) is 9.21. The zero-order chi connectivity index (χ0) is 22.9. The number of hydrogen-bond donors (Lipinski definition) is 3. The van der Waals surface area contributed by atoms with Gasteiger partial charge in [-0.25, -0.2) is 4.39 Å². The predicted octanol–water partition coefficient (Wildman–Crippen LogP) is 3.36. The molecule has 2 aromatic rings. The van der Waals surface area contributed by atoms with Crippen LogP contribution in [0.2, 0.25) is 0 Å². The van der Waals surface area contributed by atoms with E-state index in [1.807, 2.05) is 6.26 Å². The van der Waals surface area contributed by atoms with E-state index in [2.05, 4.69) is 16.0 Å². The van der Waals surface area contributed by atoms with Crippen LogP contribution < -0.4 is 25.4 Å². The van der Waals surface area contributed by atoms with E-state index in [4.69, 9.17) is 9.47 Å². The van der Waals surface area contributed by atoms with Crippen LogP contribution in [0.4, 0.5) is 15.8 Å². The lowest BCUT2D eigenvalue weighted by Crippen LogP contribution is -2.52. The fraction of sp³-hybridized carbons (Fsp3) is 0.391. The van der Waals surface area contributed by atoms with Crippen molar-refractivity contribution in [3.63, 3.8) is 0 Å². The molecular formula is C23H26FN3O4S. The number of hydrogen-bond acceptors (Lipinski definition) is 6. The van der Waals surface area contributed by atoms with Crippen LogP contribution in [0, 0.1) is 11.7 Å². The summed E-state index contributed by atoms with van der Waals surface area (Å²) in [4.78, 5) is 26.8. The van der Waals surface area contributed by atoms with E-state index in [9.17, 15) is 14.0 Å². The van der Waals surface area contributed by atoms with Gasteiger partial charge in [-0.05, 0) is 55.2 Å². The van der Waals surface area contributed by atoms with Gasteiger partial charge in [-0.2, -0.15) is 11.8 Å². The second-order valence-electron chi connectivity index (χ2n) is 7.92. The first-order valence-corrected chi connectivity index (χ1v) is 11.7. The minimum Gasteiger partial charge on any atom is -0.497 e. The highest BCUT2D eigenvalue weighted by Crippen LogP contribution is 2.48. The van der Waals surface area contributed by atoms with Crippen LogP contribution in [-0.2, 0) is 15.1 Å². The highest BCUT2D eigenvalue weighted by molar-refractivity contribution is 7.98. The maximum absolute atomic E-state index is 14.2. The summed E-state index contributed by atoms with van der Waals surface area (Å²) >= 11 is 1.70. The molecule has 2 aromatic carbocycles. The first kappa shape index (κ1) is 22.4. The number of rotatable bonds is 7. The zero-order valence-corrected chi connectivity index (χ0v) is 19.0. The van der Waals surface area contributed by atoms with E-state index >= 15 is 0 Å². The lowest BCUT2D eigenvalue weighted by Gasteiger charge is -2.29. The molecular weight excluding hydrogens is 433 g/mol. The SMILES string of the molecule is COc1ccc(OC)c(NC(=O)[C@H]2C[C@H](CCSC)N[C@]23C(=O)Nc2ccc(F)cc23)c1. The average molecular weight is 460 g/mol. The van der Waals surface area contributed by atoms with Gasteiger partial charge in [-0.1, -0.05) is 0 Å². The summed E-state index contributed by atoms with van der Waals surface area (Å²) in [5, 5.41) is 9.13. The number of carbonyl (C=O) groups is 2. The first-order chi connectivity index (χ1) is 15.4. The van der Waals surface area contributed by atoms with Gasteiger partial charge >= 0.3 is 0 Å². The Morgan fingerprint density at radius 2 is 2.06 bits per heavy atom. The molecule has 3 atom stereocenters. The molecule has 1 spiro atoms. The first-order valence-electron chi connectivity index (χ1n) is 10.3. The Labute approximate surface area is 190 Å². The number of thioether (sulfide) groups is 1. The van der Waals surface area contributed by atoms with Gasteiger partial charge in [0, 0.05) is 23.4 Å². The molecule has 0 saturated carbocycles. The topological polar surface area (TPSA) is 88.7 Å². The number of nitrogens with one attached hydrogen (secondary N) is 3. The molecule has 0 aromatic heterocycles. The number of fused-ring (bicyclic) bond motifs is 2. The largest absolute Gasteiger partial charge is 0.497 e. The molecule has 2 heterocycles. The van der Waals surface area contributed by atoms with E-state index in [1.165, 1.54) is 32.4 Å². The quantitative estimate of drug-likeness (QED) is 0.589. The molecule has 2 aliphatic rings. The summed E-state index contributed by atoms with van der Waals surface area (Å²) in [5.41, 5.74) is 0.0898. The number of ether oxygens (including phenoxy) is 2. The smallest absolute Gasteiger partial charge is 0.250 e. The predicted molar refractivity (Wildman–Crippen MR) is 123 cm³/mol. The van der Waals surface area contributed by atoms with E-state index in [-0.39, 0.29) is 17.9 Å². The minimum absolute atomic E-state index is 0.0645. The lowest BCUT2D eigenvalue weighted by atomic mass is 9.79. The Balaban J connectivity index is 1.72. The Morgan fingerprint density at radius 1 is 1.25 bits per heavy atom. The normalized spacial score (nSPS) is 23.7. The molecule has 2 amide bonds. The third-order valence-corrected chi connectivity index (χ3v) is 6.78. The minimum atomic E-state index is -1.34. The number of carbonyl (C=O) groups excluding carboxylic acids is 2. The summed E-state index contributed by atoms with van der Waals surface area (Å²) in [6.45, 7) is 0. The number of methoxy groups -OCH3 is 2.